The van der Waals surface area contributed by atoms with Gasteiger partial charge in [-0.15, -0.1) is 0 Å². The Kier molecular flexibility index (Phi) is 4.80. The van der Waals surface area contributed by atoms with Crippen LogP contribution in [0.4, 0.5) is 0 Å². The van der Waals surface area contributed by atoms with Gasteiger partial charge < -0.3 is 15.5 Å². The minimum Gasteiger partial charge on any atom is -0.508 e. The molecule has 114 valence electrons. The highest BCUT2D eigenvalue weighted by molar-refractivity contribution is 5.86. The maximum Gasteiger partial charge on any atom is 0.305 e. The Morgan fingerprint density at radius 1 is 1.43 bits per heavy atom. The number of phenols is 1. The zero-order valence-corrected chi connectivity index (χ0v) is 12.0. The van der Waals surface area contributed by atoms with Crippen LogP contribution in [-0.4, -0.2) is 52.2 Å². The van der Waals surface area contributed by atoms with Crippen molar-refractivity contribution in [3.63, 3.8) is 0 Å². The van der Waals surface area contributed by atoms with Crippen molar-refractivity contribution in [3.05, 3.63) is 29.8 Å². The minimum absolute atomic E-state index is 0.0462. The van der Waals surface area contributed by atoms with Gasteiger partial charge in [-0.3, -0.25) is 14.5 Å². The first-order valence-electron chi connectivity index (χ1n) is 7.00. The molecule has 1 aliphatic heterocycles. The molecule has 0 spiro atoms. The molecule has 2 rings (SSSR count). The van der Waals surface area contributed by atoms with Crippen molar-refractivity contribution in [2.75, 3.05) is 13.1 Å². The van der Waals surface area contributed by atoms with Crippen LogP contribution in [0.1, 0.15) is 18.9 Å². The Morgan fingerprint density at radius 2 is 2.10 bits per heavy atom. The third-order valence-corrected chi connectivity index (χ3v) is 3.77. The number of aliphatic carboxylic acids is 1. The Morgan fingerprint density at radius 3 is 2.71 bits per heavy atom. The third-order valence-electron chi connectivity index (χ3n) is 3.77. The lowest BCUT2D eigenvalue weighted by Crippen LogP contribution is -2.58. The molecule has 0 saturated carbocycles. The Bertz CT molecular complexity index is 515. The number of carbonyl (C=O) groups is 2. The van der Waals surface area contributed by atoms with Crippen LogP contribution in [0.2, 0.25) is 0 Å². The number of amides is 1. The monoisotopic (exact) mass is 292 g/mol. The van der Waals surface area contributed by atoms with E-state index in [1.807, 2.05) is 24.0 Å². The average Bonchev–Trinajstić information content (AvgIpc) is 2.43. The molecule has 1 fully saturated rings. The van der Waals surface area contributed by atoms with Crippen LogP contribution in [0, 0.1) is 0 Å². The van der Waals surface area contributed by atoms with E-state index in [4.69, 9.17) is 5.11 Å². The third kappa shape index (κ3) is 3.95. The molecule has 1 amide bonds. The molecule has 1 aromatic carbocycles. The molecule has 0 bridgehead atoms. The molecule has 2 unspecified atom stereocenters. The topological polar surface area (TPSA) is 89.9 Å². The number of aromatic hydroxyl groups is 1. The second kappa shape index (κ2) is 6.58. The lowest BCUT2D eigenvalue weighted by molar-refractivity contribution is -0.143. The number of nitrogens with zero attached hydrogens (tertiary/aromatic N) is 1. The zero-order chi connectivity index (χ0) is 15.4. The number of hydrogen-bond donors (Lipinski definition) is 3. The van der Waals surface area contributed by atoms with E-state index in [1.165, 1.54) is 0 Å². The molecule has 6 nitrogen and oxygen atoms in total. The van der Waals surface area contributed by atoms with Gasteiger partial charge in [-0.1, -0.05) is 12.1 Å². The van der Waals surface area contributed by atoms with E-state index in [0.29, 0.717) is 19.5 Å². The Labute approximate surface area is 123 Å². The summed E-state index contributed by atoms with van der Waals surface area (Å²) in [5, 5.41) is 21.0. The molecule has 0 radical (unpaired) electrons. The molecular weight excluding hydrogens is 272 g/mol. The fraction of sp³-hybridized carbons (Fsp3) is 0.467. The molecule has 0 aliphatic carbocycles. The van der Waals surface area contributed by atoms with Crippen molar-refractivity contribution in [3.8, 4) is 5.75 Å². The quantitative estimate of drug-likeness (QED) is 0.739. The fourth-order valence-corrected chi connectivity index (χ4v) is 2.73. The lowest BCUT2D eigenvalue weighted by Gasteiger charge is -2.38. The van der Waals surface area contributed by atoms with Gasteiger partial charge in [0.1, 0.15) is 5.75 Å². The number of piperazine rings is 1. The summed E-state index contributed by atoms with van der Waals surface area (Å²) in [7, 11) is 0. The van der Waals surface area contributed by atoms with E-state index in [9.17, 15) is 14.7 Å². The molecule has 1 saturated heterocycles. The van der Waals surface area contributed by atoms with E-state index in [0.717, 1.165) is 5.56 Å². The van der Waals surface area contributed by atoms with Crippen LogP contribution < -0.4 is 5.32 Å². The van der Waals surface area contributed by atoms with Crippen molar-refractivity contribution in [1.82, 2.24) is 10.2 Å². The van der Waals surface area contributed by atoms with Crippen molar-refractivity contribution < 1.29 is 19.8 Å². The maximum atomic E-state index is 11.9. The first kappa shape index (κ1) is 15.3. The van der Waals surface area contributed by atoms with Gasteiger partial charge in [0.15, 0.2) is 0 Å². The van der Waals surface area contributed by atoms with Crippen molar-refractivity contribution >= 4 is 11.9 Å². The number of rotatable bonds is 5. The standard InChI is InChI=1S/C15H20N2O4/c1-10(8-11-2-4-12(18)5-3-11)17-7-6-16-15(21)13(17)9-14(19)20/h2-5,10,13,18H,6-9H2,1H3,(H,16,21)(H,19,20). The highest BCUT2D eigenvalue weighted by Crippen LogP contribution is 2.18. The molecule has 1 aliphatic rings. The van der Waals surface area contributed by atoms with Gasteiger partial charge in [-0.2, -0.15) is 0 Å². The molecule has 0 aromatic heterocycles. The van der Waals surface area contributed by atoms with Crippen LogP contribution >= 0.6 is 0 Å². The summed E-state index contributed by atoms with van der Waals surface area (Å²) in [5.41, 5.74) is 1.04. The van der Waals surface area contributed by atoms with Gasteiger partial charge in [0.25, 0.3) is 0 Å². The number of benzene rings is 1. The number of carbonyl (C=O) groups excluding carboxylic acids is 1. The number of phenolic OH excluding ortho intramolecular Hbond substituents is 1. The molecule has 3 N–H and O–H groups in total. The van der Waals surface area contributed by atoms with E-state index < -0.39 is 12.0 Å². The van der Waals surface area contributed by atoms with Gasteiger partial charge in [0.2, 0.25) is 5.91 Å². The highest BCUT2D eigenvalue weighted by atomic mass is 16.4. The smallest absolute Gasteiger partial charge is 0.305 e. The highest BCUT2D eigenvalue weighted by Gasteiger charge is 2.34. The first-order chi connectivity index (χ1) is 9.97. The second-order valence-corrected chi connectivity index (χ2v) is 5.36. The van der Waals surface area contributed by atoms with Crippen LogP contribution in [0.25, 0.3) is 0 Å². The SMILES string of the molecule is CC(Cc1ccc(O)cc1)N1CCNC(=O)C1CC(=O)O. The second-order valence-electron chi connectivity index (χ2n) is 5.36. The predicted molar refractivity (Wildman–Crippen MR) is 77.0 cm³/mol. The summed E-state index contributed by atoms with van der Waals surface area (Å²) in [6.07, 6.45) is 0.509. The van der Waals surface area contributed by atoms with E-state index >= 15 is 0 Å². The largest absolute Gasteiger partial charge is 0.508 e. The van der Waals surface area contributed by atoms with Crippen LogP contribution in [0.5, 0.6) is 5.75 Å². The van der Waals surface area contributed by atoms with Gasteiger partial charge >= 0.3 is 5.97 Å². The predicted octanol–water partition coefficient (Wildman–Crippen LogP) is 0.598. The van der Waals surface area contributed by atoms with Gasteiger partial charge in [-0.05, 0) is 31.0 Å². The fourth-order valence-electron chi connectivity index (χ4n) is 2.73. The van der Waals surface area contributed by atoms with E-state index in [2.05, 4.69) is 5.32 Å². The van der Waals surface area contributed by atoms with Crippen LogP contribution in [0.3, 0.4) is 0 Å². The van der Waals surface area contributed by atoms with Crippen molar-refractivity contribution in [2.45, 2.75) is 31.8 Å². The van der Waals surface area contributed by atoms with Crippen molar-refractivity contribution in [2.24, 2.45) is 0 Å². The molecule has 1 heterocycles. The van der Waals surface area contributed by atoms with Crippen LogP contribution in [-0.2, 0) is 16.0 Å². The Hall–Kier alpha value is -2.08. The first-order valence-corrected chi connectivity index (χ1v) is 7.00. The number of nitrogens with one attached hydrogen (secondary N) is 1. The summed E-state index contributed by atoms with van der Waals surface area (Å²) in [4.78, 5) is 24.8. The summed E-state index contributed by atoms with van der Waals surface area (Å²) >= 11 is 0. The average molecular weight is 292 g/mol. The van der Waals surface area contributed by atoms with Gasteiger partial charge in [0.05, 0.1) is 12.5 Å². The zero-order valence-electron chi connectivity index (χ0n) is 12.0. The number of carboxylic acid groups (broad SMARTS) is 1. The summed E-state index contributed by atoms with van der Waals surface area (Å²) in [5.74, 6) is -0.979. The summed E-state index contributed by atoms with van der Waals surface area (Å²) in [6, 6.07) is 6.34. The van der Waals surface area contributed by atoms with Gasteiger partial charge in [-0.25, -0.2) is 0 Å². The molecule has 21 heavy (non-hydrogen) atoms. The maximum absolute atomic E-state index is 11.9. The molecule has 2 atom stereocenters. The number of hydrogen-bond acceptors (Lipinski definition) is 4. The van der Waals surface area contributed by atoms with E-state index in [1.54, 1.807) is 12.1 Å². The molecular formula is C15H20N2O4. The van der Waals surface area contributed by atoms with Gasteiger partial charge in [0, 0.05) is 19.1 Å². The summed E-state index contributed by atoms with van der Waals surface area (Å²) < 4.78 is 0. The minimum atomic E-state index is -0.973. The van der Waals surface area contributed by atoms with Crippen molar-refractivity contribution in [1.29, 1.82) is 0 Å². The summed E-state index contributed by atoms with van der Waals surface area (Å²) in [6.45, 7) is 3.16. The Balaban J connectivity index is 2.07. The van der Waals surface area contributed by atoms with Crippen LogP contribution in [0.15, 0.2) is 24.3 Å². The lowest BCUT2D eigenvalue weighted by atomic mass is 10.0. The normalized spacial score (nSPS) is 20.8. The molecule has 1 aromatic rings. The van der Waals surface area contributed by atoms with E-state index in [-0.39, 0.29) is 24.1 Å². The molecule has 6 heteroatoms. The number of carboxylic acids is 1.